The molecule has 0 saturated carbocycles. The molecule has 3 aromatic rings. The number of carbonyl (C=O) groups excluding carboxylic acids is 1. The Labute approximate surface area is 179 Å². The van der Waals surface area contributed by atoms with Gasteiger partial charge in [-0.1, -0.05) is 65.7 Å². The Morgan fingerprint density at radius 2 is 1.69 bits per heavy atom. The first kappa shape index (κ1) is 20.8. The van der Waals surface area contributed by atoms with Crippen molar-refractivity contribution >= 4 is 47.2 Å². The molecule has 148 valence electrons. The van der Waals surface area contributed by atoms with Crippen molar-refractivity contribution in [3.05, 3.63) is 87.7 Å². The first-order valence-electron chi connectivity index (χ1n) is 9.16. The van der Waals surface area contributed by atoms with E-state index < -0.39 is 0 Å². The molecule has 2 N–H and O–H groups in total. The maximum atomic E-state index is 12.2. The zero-order chi connectivity index (χ0) is 20.5. The smallest absolute Gasteiger partial charge is 0.254 e. The highest BCUT2D eigenvalue weighted by atomic mass is 35.5. The molecule has 0 saturated heterocycles. The first-order valence-corrected chi connectivity index (χ1v) is 9.91. The summed E-state index contributed by atoms with van der Waals surface area (Å²) in [6, 6.07) is 16.8. The van der Waals surface area contributed by atoms with Gasteiger partial charge >= 0.3 is 0 Å². The molecular formula is C22H20Cl2N4O. The number of nitrogens with one attached hydrogen (secondary N) is 2. The van der Waals surface area contributed by atoms with Crippen molar-refractivity contribution in [3.8, 4) is 0 Å². The van der Waals surface area contributed by atoms with Gasteiger partial charge in [0.2, 0.25) is 5.95 Å². The Kier molecular flexibility index (Phi) is 7.61. The number of halogens is 2. The summed E-state index contributed by atoms with van der Waals surface area (Å²) in [6.07, 6.45) is 6.35. The maximum Gasteiger partial charge on any atom is 0.254 e. The lowest BCUT2D eigenvalue weighted by Gasteiger charge is -2.09. The SMILES string of the molecule is O=C(NCCCNc1nccc(C=Cc2ccccc2)n1)c1c(Cl)cccc1Cl. The monoisotopic (exact) mass is 426 g/mol. The number of hydrogen-bond donors (Lipinski definition) is 2. The van der Waals surface area contributed by atoms with Crippen molar-refractivity contribution < 1.29 is 4.79 Å². The number of anilines is 1. The molecule has 7 heteroatoms. The van der Waals surface area contributed by atoms with E-state index in [9.17, 15) is 4.79 Å². The quantitative estimate of drug-likeness (QED) is 0.486. The van der Waals surface area contributed by atoms with Crippen LogP contribution in [-0.4, -0.2) is 29.0 Å². The van der Waals surface area contributed by atoms with Crippen LogP contribution >= 0.6 is 23.2 Å². The minimum atomic E-state index is -0.287. The van der Waals surface area contributed by atoms with E-state index in [1.807, 2.05) is 48.6 Å². The second kappa shape index (κ2) is 10.6. The Morgan fingerprint density at radius 3 is 2.45 bits per heavy atom. The molecule has 1 aromatic heterocycles. The van der Waals surface area contributed by atoms with Gasteiger partial charge in [0.05, 0.1) is 21.3 Å². The Balaban J connectivity index is 1.45. The Morgan fingerprint density at radius 1 is 0.931 bits per heavy atom. The molecule has 1 heterocycles. The summed E-state index contributed by atoms with van der Waals surface area (Å²) in [5.41, 5.74) is 2.22. The number of nitrogens with zero attached hydrogens (tertiary/aromatic N) is 2. The largest absolute Gasteiger partial charge is 0.354 e. The van der Waals surface area contributed by atoms with Gasteiger partial charge in [-0.2, -0.15) is 0 Å². The van der Waals surface area contributed by atoms with Gasteiger partial charge in [0.15, 0.2) is 0 Å². The molecule has 0 unspecified atom stereocenters. The van der Waals surface area contributed by atoms with E-state index in [0.717, 1.165) is 11.3 Å². The zero-order valence-electron chi connectivity index (χ0n) is 15.6. The van der Waals surface area contributed by atoms with E-state index >= 15 is 0 Å². The van der Waals surface area contributed by atoms with Crippen LogP contribution in [0.3, 0.4) is 0 Å². The summed E-state index contributed by atoms with van der Waals surface area (Å²) in [5.74, 6) is 0.255. The van der Waals surface area contributed by atoms with Gasteiger partial charge in [0.25, 0.3) is 5.91 Å². The van der Waals surface area contributed by atoms with Gasteiger partial charge < -0.3 is 10.6 Å². The summed E-state index contributed by atoms with van der Waals surface area (Å²) in [4.78, 5) is 20.9. The first-order chi connectivity index (χ1) is 14.1. The van der Waals surface area contributed by atoms with Crippen molar-refractivity contribution in [2.75, 3.05) is 18.4 Å². The minimum absolute atomic E-state index is 0.287. The fourth-order valence-corrected chi connectivity index (χ4v) is 3.16. The fourth-order valence-electron chi connectivity index (χ4n) is 2.59. The highest BCUT2D eigenvalue weighted by molar-refractivity contribution is 6.39. The van der Waals surface area contributed by atoms with Crippen LogP contribution in [0.25, 0.3) is 12.2 Å². The molecule has 5 nitrogen and oxygen atoms in total. The fraction of sp³-hybridized carbons (Fsp3) is 0.136. The maximum absolute atomic E-state index is 12.2. The third-order valence-electron chi connectivity index (χ3n) is 4.04. The lowest BCUT2D eigenvalue weighted by Crippen LogP contribution is -2.26. The van der Waals surface area contributed by atoms with Crippen molar-refractivity contribution in [1.82, 2.24) is 15.3 Å². The molecule has 0 aliphatic carbocycles. The van der Waals surface area contributed by atoms with Crippen LogP contribution in [0.1, 0.15) is 28.0 Å². The van der Waals surface area contributed by atoms with Crippen LogP contribution < -0.4 is 10.6 Å². The summed E-state index contributed by atoms with van der Waals surface area (Å²) in [6.45, 7) is 1.09. The average molecular weight is 427 g/mol. The van der Waals surface area contributed by atoms with Crippen molar-refractivity contribution in [3.63, 3.8) is 0 Å². The molecular weight excluding hydrogens is 407 g/mol. The second-order valence-corrected chi connectivity index (χ2v) is 7.00. The van der Waals surface area contributed by atoms with Crippen LogP contribution in [0.15, 0.2) is 60.8 Å². The number of amides is 1. The molecule has 0 fully saturated rings. The number of hydrogen-bond acceptors (Lipinski definition) is 4. The highest BCUT2D eigenvalue weighted by Crippen LogP contribution is 2.23. The number of carbonyl (C=O) groups is 1. The summed E-state index contributed by atoms with van der Waals surface area (Å²) in [5, 5.41) is 6.65. The molecule has 0 radical (unpaired) electrons. The molecule has 0 bridgehead atoms. The topological polar surface area (TPSA) is 66.9 Å². The van der Waals surface area contributed by atoms with Gasteiger partial charge in [-0.05, 0) is 36.3 Å². The molecule has 0 aliphatic heterocycles. The lowest BCUT2D eigenvalue weighted by molar-refractivity contribution is 0.0954. The van der Waals surface area contributed by atoms with E-state index in [-0.39, 0.29) is 5.91 Å². The Bertz CT molecular complexity index is 973. The van der Waals surface area contributed by atoms with Gasteiger partial charge in [-0.3, -0.25) is 4.79 Å². The molecule has 0 aliphatic rings. The molecule has 1 amide bonds. The predicted octanol–water partition coefficient (Wildman–Crippen LogP) is 5.19. The average Bonchev–Trinajstić information content (AvgIpc) is 2.73. The van der Waals surface area contributed by atoms with Gasteiger partial charge in [0.1, 0.15) is 0 Å². The summed E-state index contributed by atoms with van der Waals surface area (Å²) >= 11 is 12.1. The normalized spacial score (nSPS) is 10.8. The van der Waals surface area contributed by atoms with Crippen LogP contribution in [0.4, 0.5) is 5.95 Å². The highest BCUT2D eigenvalue weighted by Gasteiger charge is 2.13. The van der Waals surface area contributed by atoms with Gasteiger partial charge in [-0.25, -0.2) is 9.97 Å². The molecule has 29 heavy (non-hydrogen) atoms. The van der Waals surface area contributed by atoms with E-state index in [0.29, 0.717) is 41.1 Å². The van der Waals surface area contributed by atoms with Crippen LogP contribution in [0, 0.1) is 0 Å². The van der Waals surface area contributed by atoms with Gasteiger partial charge in [0, 0.05) is 19.3 Å². The van der Waals surface area contributed by atoms with Crippen molar-refractivity contribution in [2.45, 2.75) is 6.42 Å². The van der Waals surface area contributed by atoms with E-state index in [1.54, 1.807) is 24.4 Å². The minimum Gasteiger partial charge on any atom is -0.354 e. The second-order valence-electron chi connectivity index (χ2n) is 6.18. The van der Waals surface area contributed by atoms with Crippen LogP contribution in [0.2, 0.25) is 10.0 Å². The summed E-state index contributed by atoms with van der Waals surface area (Å²) in [7, 11) is 0. The number of aromatic nitrogens is 2. The van der Waals surface area contributed by atoms with E-state index in [2.05, 4.69) is 20.6 Å². The Hall–Kier alpha value is -2.89. The van der Waals surface area contributed by atoms with E-state index in [1.165, 1.54) is 0 Å². The molecule has 0 atom stereocenters. The standard InChI is InChI=1S/C22H20Cl2N4O/c23-18-8-4-9-19(24)20(18)21(29)25-13-5-14-26-22-27-15-12-17(28-22)11-10-16-6-2-1-3-7-16/h1-4,6-12,15H,5,13-14H2,(H,25,29)(H,26,27,28). The molecule has 2 aromatic carbocycles. The lowest BCUT2D eigenvalue weighted by atomic mass is 10.2. The molecule has 3 rings (SSSR count). The van der Waals surface area contributed by atoms with Crippen LogP contribution in [-0.2, 0) is 0 Å². The van der Waals surface area contributed by atoms with Gasteiger partial charge in [-0.15, -0.1) is 0 Å². The molecule has 0 spiro atoms. The third kappa shape index (κ3) is 6.31. The van der Waals surface area contributed by atoms with Crippen molar-refractivity contribution in [2.24, 2.45) is 0 Å². The number of benzene rings is 2. The zero-order valence-corrected chi connectivity index (χ0v) is 17.1. The van der Waals surface area contributed by atoms with E-state index in [4.69, 9.17) is 23.2 Å². The number of rotatable bonds is 8. The predicted molar refractivity (Wildman–Crippen MR) is 119 cm³/mol. The van der Waals surface area contributed by atoms with Crippen LogP contribution in [0.5, 0.6) is 0 Å². The van der Waals surface area contributed by atoms with Crippen molar-refractivity contribution in [1.29, 1.82) is 0 Å². The third-order valence-corrected chi connectivity index (χ3v) is 4.67. The summed E-state index contributed by atoms with van der Waals surface area (Å²) < 4.78 is 0.